The fraction of sp³-hybridized carbons (Fsp3) is 0.636. The maximum Gasteiger partial charge on any atom is 0.134 e. The number of anilines is 2. The van der Waals surface area contributed by atoms with Gasteiger partial charge in [-0.2, -0.15) is 0 Å². The van der Waals surface area contributed by atoms with E-state index in [1.54, 1.807) is 6.33 Å². The molecule has 0 spiro atoms. The Kier molecular flexibility index (Phi) is 4.02. The second-order valence-electron chi connectivity index (χ2n) is 4.42. The predicted octanol–water partition coefficient (Wildman–Crippen LogP) is 0.882. The standard InChI is InChI=1S/C11H17N5.ClH/c1-2-9(1)15-10-7-11(14-8-13-10)16-5-3-12-4-6-16;/h7-9,12H,1-6H2,(H,13,14,15);1H. The molecule has 0 unspecified atom stereocenters. The molecule has 2 aliphatic rings. The Labute approximate surface area is 107 Å². The molecule has 17 heavy (non-hydrogen) atoms. The van der Waals surface area contributed by atoms with Crippen molar-refractivity contribution in [1.29, 1.82) is 0 Å². The summed E-state index contributed by atoms with van der Waals surface area (Å²) in [7, 11) is 0. The third-order valence-electron chi connectivity index (χ3n) is 3.02. The van der Waals surface area contributed by atoms with Crippen molar-refractivity contribution in [3.63, 3.8) is 0 Å². The van der Waals surface area contributed by atoms with Crippen molar-refractivity contribution in [2.75, 3.05) is 36.4 Å². The van der Waals surface area contributed by atoms with Crippen LogP contribution in [-0.4, -0.2) is 42.2 Å². The lowest BCUT2D eigenvalue weighted by Crippen LogP contribution is -2.43. The first-order chi connectivity index (χ1) is 7.92. The van der Waals surface area contributed by atoms with Crippen molar-refractivity contribution in [3.05, 3.63) is 12.4 Å². The van der Waals surface area contributed by atoms with Crippen LogP contribution in [0.1, 0.15) is 12.8 Å². The van der Waals surface area contributed by atoms with E-state index in [1.807, 2.05) is 0 Å². The van der Waals surface area contributed by atoms with Crippen LogP contribution in [0.25, 0.3) is 0 Å². The van der Waals surface area contributed by atoms with Crippen LogP contribution in [-0.2, 0) is 0 Å². The van der Waals surface area contributed by atoms with Crippen LogP contribution >= 0.6 is 12.4 Å². The van der Waals surface area contributed by atoms with Gasteiger partial charge in [-0.15, -0.1) is 12.4 Å². The van der Waals surface area contributed by atoms with Gasteiger partial charge in [0.15, 0.2) is 0 Å². The summed E-state index contributed by atoms with van der Waals surface area (Å²) in [5.41, 5.74) is 0. The first kappa shape index (κ1) is 12.4. The Bertz CT molecular complexity index is 363. The summed E-state index contributed by atoms with van der Waals surface area (Å²) >= 11 is 0. The molecule has 1 aliphatic heterocycles. The van der Waals surface area contributed by atoms with Crippen LogP contribution in [0, 0.1) is 0 Å². The average molecular weight is 256 g/mol. The molecule has 94 valence electrons. The molecule has 1 aliphatic carbocycles. The van der Waals surface area contributed by atoms with Crippen LogP contribution in [0.5, 0.6) is 0 Å². The van der Waals surface area contributed by atoms with Gasteiger partial charge in [0.1, 0.15) is 18.0 Å². The molecule has 3 rings (SSSR count). The lowest BCUT2D eigenvalue weighted by atomic mass is 10.3. The van der Waals surface area contributed by atoms with Gasteiger partial charge in [0.25, 0.3) is 0 Å². The molecule has 0 radical (unpaired) electrons. The molecule has 1 aromatic rings. The van der Waals surface area contributed by atoms with Crippen molar-refractivity contribution < 1.29 is 0 Å². The minimum Gasteiger partial charge on any atom is -0.367 e. The highest BCUT2D eigenvalue weighted by Crippen LogP contribution is 2.24. The third kappa shape index (κ3) is 3.20. The van der Waals surface area contributed by atoms with Crippen molar-refractivity contribution in [2.45, 2.75) is 18.9 Å². The maximum absolute atomic E-state index is 4.34. The summed E-state index contributed by atoms with van der Waals surface area (Å²) in [6.07, 6.45) is 4.20. The van der Waals surface area contributed by atoms with Crippen molar-refractivity contribution >= 4 is 24.0 Å². The number of hydrogen-bond acceptors (Lipinski definition) is 5. The monoisotopic (exact) mass is 255 g/mol. The van der Waals surface area contributed by atoms with Crippen molar-refractivity contribution in [1.82, 2.24) is 15.3 Å². The van der Waals surface area contributed by atoms with Crippen LogP contribution in [0.15, 0.2) is 12.4 Å². The van der Waals surface area contributed by atoms with Gasteiger partial charge in [0.2, 0.25) is 0 Å². The average Bonchev–Trinajstić information content (AvgIpc) is 3.15. The van der Waals surface area contributed by atoms with Gasteiger partial charge < -0.3 is 15.5 Å². The molecule has 0 amide bonds. The molecule has 0 atom stereocenters. The molecule has 2 fully saturated rings. The molecule has 0 aromatic carbocycles. The molecular formula is C11H18ClN5. The Morgan fingerprint density at radius 3 is 2.71 bits per heavy atom. The Balaban J connectivity index is 0.00000108. The van der Waals surface area contributed by atoms with Gasteiger partial charge in [-0.1, -0.05) is 0 Å². The number of nitrogens with zero attached hydrogens (tertiary/aromatic N) is 3. The van der Waals surface area contributed by atoms with Gasteiger partial charge in [0, 0.05) is 38.3 Å². The van der Waals surface area contributed by atoms with Crippen LogP contribution < -0.4 is 15.5 Å². The molecule has 6 heteroatoms. The number of hydrogen-bond donors (Lipinski definition) is 2. The van der Waals surface area contributed by atoms with Gasteiger partial charge >= 0.3 is 0 Å². The summed E-state index contributed by atoms with van der Waals surface area (Å²) in [5, 5.41) is 6.74. The largest absolute Gasteiger partial charge is 0.367 e. The van der Waals surface area contributed by atoms with Gasteiger partial charge in [-0.05, 0) is 12.8 Å². The highest BCUT2D eigenvalue weighted by atomic mass is 35.5. The topological polar surface area (TPSA) is 53.1 Å². The van der Waals surface area contributed by atoms with Crippen LogP contribution in [0.3, 0.4) is 0 Å². The molecule has 1 aromatic heterocycles. The summed E-state index contributed by atoms with van der Waals surface area (Å²) in [6, 6.07) is 2.70. The minimum absolute atomic E-state index is 0. The Hall–Kier alpha value is -1.07. The Morgan fingerprint density at radius 1 is 1.24 bits per heavy atom. The van der Waals surface area contributed by atoms with E-state index in [2.05, 4.69) is 31.6 Å². The van der Waals surface area contributed by atoms with E-state index in [1.165, 1.54) is 12.8 Å². The number of rotatable bonds is 3. The van der Waals surface area contributed by atoms with E-state index >= 15 is 0 Å². The molecule has 1 saturated carbocycles. The quantitative estimate of drug-likeness (QED) is 0.840. The van der Waals surface area contributed by atoms with E-state index in [4.69, 9.17) is 0 Å². The summed E-state index contributed by atoms with van der Waals surface area (Å²) in [5.74, 6) is 2.01. The lowest BCUT2D eigenvalue weighted by Gasteiger charge is -2.28. The predicted molar refractivity (Wildman–Crippen MR) is 71.0 cm³/mol. The third-order valence-corrected chi connectivity index (χ3v) is 3.02. The molecule has 5 nitrogen and oxygen atoms in total. The number of halogens is 1. The zero-order valence-corrected chi connectivity index (χ0v) is 10.5. The van der Waals surface area contributed by atoms with E-state index in [-0.39, 0.29) is 12.4 Å². The lowest BCUT2D eigenvalue weighted by molar-refractivity contribution is 0.584. The van der Waals surface area contributed by atoms with Gasteiger partial charge in [-0.25, -0.2) is 9.97 Å². The zero-order chi connectivity index (χ0) is 10.8. The normalized spacial score (nSPS) is 19.6. The highest BCUT2D eigenvalue weighted by Gasteiger charge is 2.21. The number of piperazine rings is 1. The van der Waals surface area contributed by atoms with Gasteiger partial charge in [0.05, 0.1) is 0 Å². The summed E-state index contributed by atoms with van der Waals surface area (Å²) in [6.45, 7) is 4.13. The summed E-state index contributed by atoms with van der Waals surface area (Å²) < 4.78 is 0. The van der Waals surface area contributed by atoms with Crippen LogP contribution in [0.2, 0.25) is 0 Å². The van der Waals surface area contributed by atoms with E-state index in [0.717, 1.165) is 37.8 Å². The SMILES string of the molecule is Cl.c1nc(NC2CC2)cc(N2CCNCC2)n1. The Morgan fingerprint density at radius 2 is 2.00 bits per heavy atom. The first-order valence-corrected chi connectivity index (χ1v) is 5.96. The van der Waals surface area contributed by atoms with E-state index < -0.39 is 0 Å². The minimum atomic E-state index is 0. The number of nitrogens with one attached hydrogen (secondary N) is 2. The second-order valence-corrected chi connectivity index (χ2v) is 4.42. The van der Waals surface area contributed by atoms with Crippen molar-refractivity contribution in [2.24, 2.45) is 0 Å². The number of aromatic nitrogens is 2. The smallest absolute Gasteiger partial charge is 0.134 e. The summed E-state index contributed by atoms with van der Waals surface area (Å²) in [4.78, 5) is 10.9. The fourth-order valence-electron chi connectivity index (χ4n) is 1.93. The molecule has 2 N–H and O–H groups in total. The maximum atomic E-state index is 4.34. The zero-order valence-electron chi connectivity index (χ0n) is 9.72. The first-order valence-electron chi connectivity index (χ1n) is 5.96. The van der Waals surface area contributed by atoms with E-state index in [0.29, 0.717) is 6.04 Å². The molecular weight excluding hydrogens is 238 g/mol. The van der Waals surface area contributed by atoms with Crippen molar-refractivity contribution in [3.8, 4) is 0 Å². The molecule has 1 saturated heterocycles. The molecule has 2 heterocycles. The van der Waals surface area contributed by atoms with E-state index in [9.17, 15) is 0 Å². The fourth-order valence-corrected chi connectivity index (χ4v) is 1.93. The van der Waals surface area contributed by atoms with Gasteiger partial charge in [-0.3, -0.25) is 0 Å². The molecule has 0 bridgehead atoms. The second kappa shape index (κ2) is 5.51. The highest BCUT2D eigenvalue weighted by molar-refractivity contribution is 5.85. The van der Waals surface area contributed by atoms with Crippen LogP contribution in [0.4, 0.5) is 11.6 Å².